The molecule has 3 aromatic rings. The molecule has 0 aliphatic heterocycles. The molecular weight excluding hydrogens is 710 g/mol. The van der Waals surface area contributed by atoms with Crippen LogP contribution in [0.3, 0.4) is 0 Å². The van der Waals surface area contributed by atoms with E-state index in [0.717, 1.165) is 24.5 Å². The van der Waals surface area contributed by atoms with Crippen molar-refractivity contribution in [2.75, 3.05) is 11.4 Å². The van der Waals surface area contributed by atoms with Gasteiger partial charge >= 0.3 is 23.9 Å². The summed E-state index contributed by atoms with van der Waals surface area (Å²) in [5.41, 5.74) is 4.93. The Bertz CT molecular complexity index is 1910. The van der Waals surface area contributed by atoms with Crippen LogP contribution in [0.15, 0.2) is 78.9 Å². The minimum Gasteiger partial charge on any atom is -0.478 e. The van der Waals surface area contributed by atoms with Crippen molar-refractivity contribution >= 4 is 59.1 Å². The first-order valence-corrected chi connectivity index (χ1v) is 17.6. The summed E-state index contributed by atoms with van der Waals surface area (Å²) in [4.78, 5) is 90.2. The average Bonchev–Trinajstić information content (AvgIpc) is 3.12. The summed E-state index contributed by atoms with van der Waals surface area (Å²) in [6.45, 7) is 7.37. The number of carboxylic acids is 2. The highest BCUT2D eigenvalue weighted by Crippen LogP contribution is 2.33. The second kappa shape index (κ2) is 20.1. The van der Waals surface area contributed by atoms with Crippen molar-refractivity contribution in [1.82, 2.24) is 16.0 Å². The van der Waals surface area contributed by atoms with E-state index in [-0.39, 0.29) is 35.3 Å². The topological polar surface area (TPSA) is 235 Å². The number of ether oxygens (including phenoxy) is 1. The first-order chi connectivity index (χ1) is 26.0. The minimum absolute atomic E-state index is 0.0630. The third-order valence-corrected chi connectivity index (χ3v) is 7.96. The molecule has 0 bridgehead atoms. The zero-order chi connectivity index (χ0) is 40.7. The average molecular weight is 758 g/mol. The van der Waals surface area contributed by atoms with E-state index in [1.807, 2.05) is 6.92 Å². The number of nitrogens with one attached hydrogen (secondary N) is 3. The third-order valence-electron chi connectivity index (χ3n) is 7.96. The van der Waals surface area contributed by atoms with Gasteiger partial charge in [-0.2, -0.15) is 0 Å². The SMILES string of the molecule is CCCCCNC(=O)[C@H](Cc1ccc(N(C(=O)C(=O)O)c2ccccc2C(=O)O)c(C=CC(N)=O)c1)NC(=O)[C@H](Cc1ccccc1)NC(=O)OC(C)(C)C. The van der Waals surface area contributed by atoms with E-state index in [1.165, 1.54) is 48.5 Å². The predicted molar refractivity (Wildman–Crippen MR) is 204 cm³/mol. The number of hydrogen-bond acceptors (Lipinski definition) is 8. The van der Waals surface area contributed by atoms with Gasteiger partial charge in [0.05, 0.1) is 16.9 Å². The predicted octanol–water partition coefficient (Wildman–Crippen LogP) is 4.10. The smallest absolute Gasteiger partial charge is 0.408 e. The van der Waals surface area contributed by atoms with Crippen LogP contribution in [-0.4, -0.2) is 76.1 Å². The van der Waals surface area contributed by atoms with Gasteiger partial charge in [0.2, 0.25) is 17.7 Å². The van der Waals surface area contributed by atoms with E-state index in [4.69, 9.17) is 10.5 Å². The van der Waals surface area contributed by atoms with Gasteiger partial charge in [-0.15, -0.1) is 0 Å². The van der Waals surface area contributed by atoms with Crippen molar-refractivity contribution in [3.63, 3.8) is 0 Å². The molecule has 0 saturated carbocycles. The number of hydrogen-bond donors (Lipinski definition) is 6. The van der Waals surface area contributed by atoms with Crippen molar-refractivity contribution in [1.29, 1.82) is 0 Å². The lowest BCUT2D eigenvalue weighted by Gasteiger charge is -2.26. The molecule has 15 heteroatoms. The van der Waals surface area contributed by atoms with Gasteiger partial charge in [-0.25, -0.2) is 14.4 Å². The van der Waals surface area contributed by atoms with E-state index in [0.29, 0.717) is 23.4 Å². The molecule has 2 atom stereocenters. The number of primary amides is 1. The van der Waals surface area contributed by atoms with Gasteiger partial charge in [-0.05, 0) is 74.2 Å². The van der Waals surface area contributed by atoms with Crippen LogP contribution in [-0.2, 0) is 41.6 Å². The Morgan fingerprint density at radius 3 is 2.05 bits per heavy atom. The number of aromatic carboxylic acids is 1. The highest BCUT2D eigenvalue weighted by Gasteiger charge is 2.31. The number of carbonyl (C=O) groups is 7. The Morgan fingerprint density at radius 2 is 1.44 bits per heavy atom. The van der Waals surface area contributed by atoms with E-state index < -0.39 is 59.3 Å². The van der Waals surface area contributed by atoms with Gasteiger partial charge in [0.25, 0.3) is 0 Å². The van der Waals surface area contributed by atoms with Gasteiger partial charge in [0.1, 0.15) is 17.7 Å². The largest absolute Gasteiger partial charge is 0.478 e. The summed E-state index contributed by atoms with van der Waals surface area (Å²) >= 11 is 0. The molecule has 0 spiro atoms. The van der Waals surface area contributed by atoms with Crippen LogP contribution in [0.25, 0.3) is 6.08 Å². The molecule has 0 heterocycles. The zero-order valence-corrected chi connectivity index (χ0v) is 31.2. The first-order valence-electron chi connectivity index (χ1n) is 17.6. The number of nitrogens with zero attached hydrogens (tertiary/aromatic N) is 1. The molecule has 3 aromatic carbocycles. The second-order valence-electron chi connectivity index (χ2n) is 13.5. The second-order valence-corrected chi connectivity index (χ2v) is 13.5. The van der Waals surface area contributed by atoms with E-state index in [9.17, 15) is 43.8 Å². The number of benzene rings is 3. The van der Waals surface area contributed by atoms with Crippen molar-refractivity contribution in [3.05, 3.63) is 101 Å². The number of carbonyl (C=O) groups excluding carboxylic acids is 5. The fourth-order valence-corrected chi connectivity index (χ4v) is 5.47. The molecule has 3 rings (SSSR count). The Labute approximate surface area is 318 Å². The number of unbranched alkanes of at least 4 members (excludes halogenated alkanes) is 2. The monoisotopic (exact) mass is 757 g/mol. The normalized spacial score (nSPS) is 12.2. The number of amides is 5. The van der Waals surface area contributed by atoms with Crippen LogP contribution in [0.2, 0.25) is 0 Å². The number of rotatable bonds is 17. The summed E-state index contributed by atoms with van der Waals surface area (Å²) < 4.78 is 5.40. The Kier molecular flexibility index (Phi) is 15.7. The summed E-state index contributed by atoms with van der Waals surface area (Å²) in [6, 6.07) is 16.1. The molecule has 0 aromatic heterocycles. The number of carboxylic acid groups (broad SMARTS) is 2. The van der Waals surface area contributed by atoms with Gasteiger partial charge in [0.15, 0.2) is 0 Å². The summed E-state index contributed by atoms with van der Waals surface area (Å²) in [5.74, 6) is -6.90. The number of alkyl carbamates (subject to hydrolysis) is 1. The van der Waals surface area contributed by atoms with Crippen molar-refractivity contribution in [3.8, 4) is 0 Å². The maximum absolute atomic E-state index is 13.9. The van der Waals surface area contributed by atoms with Crippen LogP contribution in [0, 0.1) is 0 Å². The molecular formula is C40H47N5O10. The molecule has 15 nitrogen and oxygen atoms in total. The maximum atomic E-state index is 13.9. The number of para-hydroxylation sites is 1. The summed E-state index contributed by atoms with van der Waals surface area (Å²) in [7, 11) is 0. The number of anilines is 2. The van der Waals surface area contributed by atoms with Crippen molar-refractivity contribution in [2.45, 2.75) is 77.5 Å². The molecule has 0 saturated heterocycles. The summed E-state index contributed by atoms with van der Waals surface area (Å²) in [6.07, 6.45) is 3.70. The maximum Gasteiger partial charge on any atom is 0.408 e. The zero-order valence-electron chi connectivity index (χ0n) is 31.2. The van der Waals surface area contributed by atoms with E-state index in [2.05, 4.69) is 16.0 Å². The molecule has 5 amide bonds. The lowest BCUT2D eigenvalue weighted by molar-refractivity contribution is -0.148. The minimum atomic E-state index is -1.89. The van der Waals surface area contributed by atoms with Crippen molar-refractivity contribution < 1.29 is 48.5 Å². The third kappa shape index (κ3) is 13.4. The molecule has 0 fully saturated rings. The molecule has 0 radical (unpaired) electrons. The molecule has 0 aliphatic carbocycles. The van der Waals surface area contributed by atoms with Crippen LogP contribution >= 0.6 is 0 Å². The number of aliphatic carboxylic acids is 1. The fourth-order valence-electron chi connectivity index (χ4n) is 5.47. The lowest BCUT2D eigenvalue weighted by atomic mass is 9.99. The van der Waals surface area contributed by atoms with E-state index >= 15 is 0 Å². The molecule has 0 aliphatic rings. The Balaban J connectivity index is 2.09. The Morgan fingerprint density at radius 1 is 0.800 bits per heavy atom. The standard InChI is InChI=1S/C40H47N5O10/c1-5-6-12-21-42-34(47)29(43-35(48)30(23-25-13-8-7-9-14-25)44-39(54)55-40(2,3)4)24-26-17-19-31(27(22-26)18-20-33(41)46)45(36(49)38(52)53)32-16-11-10-15-28(32)37(50)51/h7-11,13-20,22,29-30H,5-6,12,21,23-24H2,1-4H3,(H2,41,46)(H,42,47)(H,43,48)(H,44,54)(H,50,51)(H,52,53)/t29-,30-/m0/s1. The van der Waals surface area contributed by atoms with Crippen LogP contribution < -0.4 is 26.6 Å². The molecule has 0 unspecified atom stereocenters. The first kappa shape index (κ1) is 42.9. The molecule has 7 N–H and O–H groups in total. The van der Waals surface area contributed by atoms with Crippen LogP contribution in [0.4, 0.5) is 16.2 Å². The van der Waals surface area contributed by atoms with Gasteiger partial charge < -0.3 is 36.6 Å². The van der Waals surface area contributed by atoms with Gasteiger partial charge in [-0.3, -0.25) is 24.1 Å². The fraction of sp³-hybridized carbons (Fsp3) is 0.325. The van der Waals surface area contributed by atoms with Crippen LogP contribution in [0.5, 0.6) is 0 Å². The highest BCUT2D eigenvalue weighted by atomic mass is 16.6. The van der Waals surface area contributed by atoms with Gasteiger partial charge in [-0.1, -0.05) is 68.3 Å². The molecule has 292 valence electrons. The summed E-state index contributed by atoms with van der Waals surface area (Å²) in [5, 5.41) is 27.8. The molecule has 55 heavy (non-hydrogen) atoms. The quantitative estimate of drug-likeness (QED) is 0.0655. The lowest BCUT2D eigenvalue weighted by Crippen LogP contribution is -2.55. The Hall–Kier alpha value is -6.51. The van der Waals surface area contributed by atoms with Gasteiger partial charge in [0, 0.05) is 25.5 Å². The van der Waals surface area contributed by atoms with Crippen molar-refractivity contribution in [2.24, 2.45) is 5.73 Å². The number of nitrogens with two attached hydrogens (primary N) is 1. The van der Waals surface area contributed by atoms with E-state index in [1.54, 1.807) is 51.1 Å². The van der Waals surface area contributed by atoms with Crippen LogP contribution in [0.1, 0.15) is 74.0 Å². The highest BCUT2D eigenvalue weighted by molar-refractivity contribution is 6.39.